The van der Waals surface area contributed by atoms with Crippen LogP contribution < -0.4 is 4.72 Å². The van der Waals surface area contributed by atoms with Crippen LogP contribution in [-0.2, 0) is 27.8 Å². The summed E-state index contributed by atoms with van der Waals surface area (Å²) in [6.07, 6.45) is 0.777. The van der Waals surface area contributed by atoms with E-state index < -0.39 is 10.0 Å². The smallest absolute Gasteiger partial charge is 0.261 e. The summed E-state index contributed by atoms with van der Waals surface area (Å²) in [7, 11) is -3.68. The highest BCUT2D eigenvalue weighted by molar-refractivity contribution is 7.92. The zero-order valence-corrected chi connectivity index (χ0v) is 14.7. The van der Waals surface area contributed by atoms with Gasteiger partial charge >= 0.3 is 0 Å². The minimum atomic E-state index is -3.68. The van der Waals surface area contributed by atoms with Crippen LogP contribution in [-0.4, -0.2) is 25.8 Å². The fourth-order valence-electron chi connectivity index (χ4n) is 2.72. The summed E-state index contributed by atoms with van der Waals surface area (Å²) in [4.78, 5) is 13.4. The van der Waals surface area contributed by atoms with Crippen LogP contribution in [0.2, 0.25) is 5.02 Å². The van der Waals surface area contributed by atoms with Crippen molar-refractivity contribution in [2.45, 2.75) is 24.8 Å². The highest BCUT2D eigenvalue weighted by Crippen LogP contribution is 2.25. The molecule has 2 aromatic rings. The topological polar surface area (TPSA) is 66.5 Å². The van der Waals surface area contributed by atoms with Crippen LogP contribution >= 0.6 is 11.6 Å². The number of fused-ring (bicyclic) bond motifs is 1. The third kappa shape index (κ3) is 3.55. The van der Waals surface area contributed by atoms with Crippen LogP contribution in [0.5, 0.6) is 0 Å². The van der Waals surface area contributed by atoms with Gasteiger partial charge in [0.05, 0.1) is 4.90 Å². The maximum Gasteiger partial charge on any atom is 0.261 e. The molecule has 0 aromatic heterocycles. The van der Waals surface area contributed by atoms with E-state index in [0.29, 0.717) is 23.8 Å². The summed E-state index contributed by atoms with van der Waals surface area (Å²) in [5.74, 6) is 0.0211. The summed E-state index contributed by atoms with van der Waals surface area (Å²) in [5, 5.41) is 0.479. The molecule has 0 saturated heterocycles. The van der Waals surface area contributed by atoms with Crippen molar-refractivity contribution in [1.29, 1.82) is 0 Å². The normalized spacial score (nSPS) is 14.2. The van der Waals surface area contributed by atoms with Gasteiger partial charge in [0, 0.05) is 30.7 Å². The molecule has 1 aliphatic rings. The molecule has 0 saturated carbocycles. The third-order valence-electron chi connectivity index (χ3n) is 4.04. The predicted molar refractivity (Wildman–Crippen MR) is 93.5 cm³/mol. The van der Waals surface area contributed by atoms with Crippen LogP contribution in [0.15, 0.2) is 47.4 Å². The summed E-state index contributed by atoms with van der Waals surface area (Å²) in [6, 6.07) is 11.4. The van der Waals surface area contributed by atoms with Crippen molar-refractivity contribution in [2.75, 3.05) is 11.3 Å². The molecule has 1 aliphatic heterocycles. The lowest BCUT2D eigenvalue weighted by Gasteiger charge is -2.28. The van der Waals surface area contributed by atoms with Crippen molar-refractivity contribution in [3.05, 3.63) is 58.6 Å². The zero-order valence-electron chi connectivity index (χ0n) is 13.1. The maximum absolute atomic E-state index is 12.4. The number of anilines is 1. The summed E-state index contributed by atoms with van der Waals surface area (Å²) in [5.41, 5.74) is 2.59. The van der Waals surface area contributed by atoms with Gasteiger partial charge < -0.3 is 4.90 Å². The summed E-state index contributed by atoms with van der Waals surface area (Å²) < 4.78 is 27.4. The molecule has 3 rings (SSSR count). The Balaban J connectivity index is 1.85. The number of amides is 1. The van der Waals surface area contributed by atoms with Gasteiger partial charge in [0.25, 0.3) is 10.0 Å². The molecule has 1 N–H and O–H groups in total. The molecular formula is C17H17ClN2O3S. The number of sulfonamides is 1. The van der Waals surface area contributed by atoms with Crippen molar-refractivity contribution in [3.8, 4) is 0 Å². The van der Waals surface area contributed by atoms with E-state index in [4.69, 9.17) is 11.6 Å². The van der Waals surface area contributed by atoms with E-state index in [1.807, 2.05) is 6.07 Å². The molecule has 1 heterocycles. The number of carbonyl (C=O) groups excluding carboxylic acids is 1. The Bertz CT molecular complexity index is 879. The van der Waals surface area contributed by atoms with Gasteiger partial charge in [-0.05, 0) is 53.9 Å². The predicted octanol–water partition coefficient (Wildman–Crippen LogP) is 3.05. The van der Waals surface area contributed by atoms with Gasteiger partial charge in [-0.2, -0.15) is 0 Å². The van der Waals surface area contributed by atoms with Crippen LogP contribution in [0.3, 0.4) is 0 Å². The van der Waals surface area contributed by atoms with Crippen molar-refractivity contribution in [3.63, 3.8) is 0 Å². The molecule has 0 radical (unpaired) electrons. The lowest BCUT2D eigenvalue weighted by molar-refractivity contribution is -0.129. The first-order valence-corrected chi connectivity index (χ1v) is 9.37. The van der Waals surface area contributed by atoms with Gasteiger partial charge in [0.15, 0.2) is 0 Å². The molecular weight excluding hydrogens is 348 g/mol. The Morgan fingerprint density at radius 2 is 1.83 bits per heavy atom. The standard InChI is InChI=1S/C17H17ClN2O3S/c1-12(21)20-9-8-13-2-5-16(10-14(13)11-20)19-24(22,23)17-6-3-15(18)4-7-17/h2-7,10,19H,8-9,11H2,1H3. The molecule has 24 heavy (non-hydrogen) atoms. The maximum atomic E-state index is 12.4. The molecule has 2 aromatic carbocycles. The molecule has 5 nitrogen and oxygen atoms in total. The van der Waals surface area contributed by atoms with E-state index >= 15 is 0 Å². The van der Waals surface area contributed by atoms with Crippen LogP contribution in [0, 0.1) is 0 Å². The molecule has 0 aliphatic carbocycles. The van der Waals surface area contributed by atoms with Gasteiger partial charge in [0.1, 0.15) is 0 Å². The van der Waals surface area contributed by atoms with E-state index in [0.717, 1.165) is 17.5 Å². The molecule has 0 atom stereocenters. The molecule has 0 spiro atoms. The van der Waals surface area contributed by atoms with E-state index in [1.54, 1.807) is 17.0 Å². The van der Waals surface area contributed by atoms with Crippen molar-refractivity contribution >= 4 is 33.2 Å². The SMILES string of the molecule is CC(=O)N1CCc2ccc(NS(=O)(=O)c3ccc(Cl)cc3)cc2C1. The summed E-state index contributed by atoms with van der Waals surface area (Å²) in [6.45, 7) is 2.73. The van der Waals surface area contributed by atoms with E-state index in [9.17, 15) is 13.2 Å². The average Bonchev–Trinajstić information content (AvgIpc) is 2.54. The Morgan fingerprint density at radius 1 is 1.12 bits per heavy atom. The summed E-state index contributed by atoms with van der Waals surface area (Å²) >= 11 is 5.79. The number of benzene rings is 2. The van der Waals surface area contributed by atoms with Gasteiger partial charge in [-0.15, -0.1) is 0 Å². The van der Waals surface area contributed by atoms with Crippen LogP contribution in [0.4, 0.5) is 5.69 Å². The second-order valence-corrected chi connectivity index (χ2v) is 7.85. The Kier molecular flexibility index (Phi) is 4.51. The first kappa shape index (κ1) is 16.8. The highest BCUT2D eigenvalue weighted by Gasteiger charge is 2.20. The molecule has 0 unspecified atom stereocenters. The van der Waals surface area contributed by atoms with Gasteiger partial charge in [0.2, 0.25) is 5.91 Å². The third-order valence-corrected chi connectivity index (χ3v) is 5.69. The number of hydrogen-bond acceptors (Lipinski definition) is 3. The first-order valence-electron chi connectivity index (χ1n) is 7.51. The van der Waals surface area contributed by atoms with Gasteiger partial charge in [-0.3, -0.25) is 9.52 Å². The second kappa shape index (κ2) is 6.45. The first-order chi connectivity index (χ1) is 11.3. The largest absolute Gasteiger partial charge is 0.338 e. The number of nitrogens with one attached hydrogen (secondary N) is 1. The fraction of sp³-hybridized carbons (Fsp3) is 0.235. The minimum absolute atomic E-state index is 0.0211. The molecule has 1 amide bonds. The second-order valence-electron chi connectivity index (χ2n) is 5.73. The fourth-order valence-corrected chi connectivity index (χ4v) is 3.89. The quantitative estimate of drug-likeness (QED) is 0.910. The number of nitrogens with zero attached hydrogens (tertiary/aromatic N) is 1. The Morgan fingerprint density at radius 3 is 2.50 bits per heavy atom. The van der Waals surface area contributed by atoms with Crippen molar-refractivity contribution < 1.29 is 13.2 Å². The molecule has 7 heteroatoms. The van der Waals surface area contributed by atoms with E-state index in [-0.39, 0.29) is 10.8 Å². The van der Waals surface area contributed by atoms with E-state index in [1.165, 1.54) is 31.2 Å². The highest BCUT2D eigenvalue weighted by atomic mass is 35.5. The molecule has 126 valence electrons. The van der Waals surface area contributed by atoms with Gasteiger partial charge in [-0.25, -0.2) is 8.42 Å². The lowest BCUT2D eigenvalue weighted by atomic mass is 9.99. The van der Waals surface area contributed by atoms with Crippen LogP contribution in [0.25, 0.3) is 0 Å². The zero-order chi connectivity index (χ0) is 17.3. The van der Waals surface area contributed by atoms with Crippen LogP contribution in [0.1, 0.15) is 18.1 Å². The average molecular weight is 365 g/mol. The number of rotatable bonds is 3. The monoisotopic (exact) mass is 364 g/mol. The lowest BCUT2D eigenvalue weighted by Crippen LogP contribution is -2.34. The number of hydrogen-bond donors (Lipinski definition) is 1. The van der Waals surface area contributed by atoms with Crippen molar-refractivity contribution in [2.24, 2.45) is 0 Å². The van der Waals surface area contributed by atoms with Gasteiger partial charge in [-0.1, -0.05) is 17.7 Å². The number of carbonyl (C=O) groups is 1. The van der Waals surface area contributed by atoms with E-state index in [2.05, 4.69) is 4.72 Å². The Labute approximate surface area is 146 Å². The molecule has 0 bridgehead atoms. The Hall–Kier alpha value is -2.05. The van der Waals surface area contributed by atoms with Crippen molar-refractivity contribution in [1.82, 2.24) is 4.90 Å². The number of halogens is 1. The molecule has 0 fully saturated rings. The minimum Gasteiger partial charge on any atom is -0.338 e.